The molecule has 18 heavy (non-hydrogen) atoms. The van der Waals surface area contributed by atoms with Gasteiger partial charge in [-0.05, 0) is 39.0 Å². The van der Waals surface area contributed by atoms with E-state index in [1.807, 2.05) is 4.68 Å². The summed E-state index contributed by atoms with van der Waals surface area (Å²) in [6.45, 7) is 5.05. The van der Waals surface area contributed by atoms with Crippen LogP contribution < -0.4 is 5.32 Å². The van der Waals surface area contributed by atoms with Crippen LogP contribution in [0, 0.1) is 17.2 Å². The van der Waals surface area contributed by atoms with Crippen molar-refractivity contribution in [2.45, 2.75) is 57.7 Å². The van der Waals surface area contributed by atoms with Gasteiger partial charge in [-0.25, -0.2) is 4.98 Å². The van der Waals surface area contributed by atoms with Crippen molar-refractivity contribution in [1.29, 1.82) is 5.26 Å². The monoisotopic (exact) mass is 247 g/mol. The molecule has 1 aromatic heterocycles. The molecule has 0 bridgehead atoms. The van der Waals surface area contributed by atoms with E-state index < -0.39 is 0 Å². The number of nitrogens with zero attached hydrogens (tertiary/aromatic N) is 4. The van der Waals surface area contributed by atoms with Crippen molar-refractivity contribution in [3.8, 4) is 6.07 Å². The maximum atomic E-state index is 9.55. The summed E-state index contributed by atoms with van der Waals surface area (Å²) in [5.74, 6) is 0.411. The van der Waals surface area contributed by atoms with Crippen LogP contribution in [0.1, 0.15) is 39.5 Å². The van der Waals surface area contributed by atoms with E-state index in [1.165, 1.54) is 0 Å². The second-order valence-corrected chi connectivity index (χ2v) is 5.42. The van der Waals surface area contributed by atoms with Gasteiger partial charge >= 0.3 is 0 Å². The van der Waals surface area contributed by atoms with Crippen LogP contribution in [0.5, 0.6) is 0 Å². The van der Waals surface area contributed by atoms with Crippen molar-refractivity contribution in [3.05, 3.63) is 12.7 Å². The summed E-state index contributed by atoms with van der Waals surface area (Å²) in [7, 11) is 0. The number of hydrogen-bond acceptors (Lipinski definition) is 4. The molecule has 2 rings (SSSR count). The van der Waals surface area contributed by atoms with Gasteiger partial charge in [-0.1, -0.05) is 6.42 Å². The van der Waals surface area contributed by atoms with Crippen molar-refractivity contribution < 1.29 is 0 Å². The van der Waals surface area contributed by atoms with Crippen molar-refractivity contribution in [2.24, 2.45) is 5.92 Å². The molecule has 1 heterocycles. The lowest BCUT2D eigenvalue weighted by atomic mass is 9.85. The Morgan fingerprint density at radius 1 is 1.61 bits per heavy atom. The molecule has 0 saturated heterocycles. The molecule has 1 aliphatic carbocycles. The average molecular weight is 247 g/mol. The molecule has 5 nitrogen and oxygen atoms in total. The van der Waals surface area contributed by atoms with Gasteiger partial charge in [-0.3, -0.25) is 10.00 Å². The fraction of sp³-hybridized carbons (Fsp3) is 0.769. The minimum Gasteiger partial charge on any atom is -0.297 e. The van der Waals surface area contributed by atoms with E-state index in [0.29, 0.717) is 12.0 Å². The molecule has 2 atom stereocenters. The Morgan fingerprint density at radius 3 is 3.06 bits per heavy atom. The largest absolute Gasteiger partial charge is 0.297 e. The van der Waals surface area contributed by atoms with Crippen LogP contribution in [0.15, 0.2) is 12.7 Å². The number of hydrogen-bond donors (Lipinski definition) is 1. The van der Waals surface area contributed by atoms with E-state index in [2.05, 4.69) is 35.3 Å². The summed E-state index contributed by atoms with van der Waals surface area (Å²) in [4.78, 5) is 3.94. The Hall–Kier alpha value is -1.41. The molecule has 1 aliphatic rings. The van der Waals surface area contributed by atoms with Crippen molar-refractivity contribution in [3.63, 3.8) is 0 Å². The van der Waals surface area contributed by atoms with Gasteiger partial charge in [0.1, 0.15) is 18.2 Å². The first-order valence-corrected chi connectivity index (χ1v) is 6.67. The Kier molecular flexibility index (Phi) is 3.97. The van der Waals surface area contributed by atoms with Gasteiger partial charge in [0, 0.05) is 12.6 Å². The fourth-order valence-electron chi connectivity index (χ4n) is 2.99. The molecule has 5 heteroatoms. The van der Waals surface area contributed by atoms with Crippen LogP contribution in [-0.4, -0.2) is 26.3 Å². The number of rotatable bonds is 5. The van der Waals surface area contributed by atoms with E-state index in [1.54, 1.807) is 12.7 Å². The van der Waals surface area contributed by atoms with Crippen LogP contribution in [0.2, 0.25) is 0 Å². The number of aryl methyl sites for hydroxylation is 1. The highest BCUT2D eigenvalue weighted by atomic mass is 15.3. The van der Waals surface area contributed by atoms with E-state index in [4.69, 9.17) is 0 Å². The molecule has 0 amide bonds. The third-order valence-corrected chi connectivity index (χ3v) is 3.74. The van der Waals surface area contributed by atoms with E-state index in [-0.39, 0.29) is 5.54 Å². The van der Waals surface area contributed by atoms with Gasteiger partial charge in [0.15, 0.2) is 0 Å². The zero-order valence-electron chi connectivity index (χ0n) is 11.1. The SMILES string of the molecule is CC(C)NC1(C#N)CCCC1CCn1cncn1. The summed E-state index contributed by atoms with van der Waals surface area (Å²) in [5.41, 5.74) is -0.339. The Balaban J connectivity index is 1.99. The lowest BCUT2D eigenvalue weighted by Gasteiger charge is -2.32. The second-order valence-electron chi connectivity index (χ2n) is 5.42. The predicted octanol–water partition coefficient (Wildman–Crippen LogP) is 1.73. The van der Waals surface area contributed by atoms with Gasteiger partial charge in [-0.15, -0.1) is 0 Å². The van der Waals surface area contributed by atoms with Crippen molar-refractivity contribution >= 4 is 0 Å². The maximum absolute atomic E-state index is 9.55. The van der Waals surface area contributed by atoms with Crippen LogP contribution >= 0.6 is 0 Å². The highest BCUT2D eigenvalue weighted by molar-refractivity contribution is 5.14. The summed E-state index contributed by atoms with van der Waals surface area (Å²) in [5, 5.41) is 17.1. The maximum Gasteiger partial charge on any atom is 0.137 e. The van der Waals surface area contributed by atoms with E-state index >= 15 is 0 Å². The minimum absolute atomic E-state index is 0.339. The summed E-state index contributed by atoms with van der Waals surface area (Å²) in [6.07, 6.45) is 7.50. The topological polar surface area (TPSA) is 66.5 Å². The quantitative estimate of drug-likeness (QED) is 0.860. The predicted molar refractivity (Wildman–Crippen MR) is 68.6 cm³/mol. The lowest BCUT2D eigenvalue weighted by molar-refractivity contribution is 0.269. The molecular formula is C13H21N5. The third-order valence-electron chi connectivity index (χ3n) is 3.74. The van der Waals surface area contributed by atoms with Crippen LogP contribution in [-0.2, 0) is 6.54 Å². The highest BCUT2D eigenvalue weighted by Crippen LogP contribution is 2.38. The molecule has 0 aromatic carbocycles. The second kappa shape index (κ2) is 5.49. The van der Waals surface area contributed by atoms with E-state index in [0.717, 1.165) is 32.2 Å². The Labute approximate surface area is 108 Å². The zero-order valence-corrected chi connectivity index (χ0v) is 11.1. The molecule has 0 radical (unpaired) electrons. The number of nitrogens with one attached hydrogen (secondary N) is 1. The van der Waals surface area contributed by atoms with Gasteiger partial charge in [-0.2, -0.15) is 10.4 Å². The smallest absolute Gasteiger partial charge is 0.137 e. The van der Waals surface area contributed by atoms with E-state index in [9.17, 15) is 5.26 Å². The molecule has 1 saturated carbocycles. The molecule has 1 aromatic rings. The number of aromatic nitrogens is 3. The molecule has 0 aliphatic heterocycles. The lowest BCUT2D eigenvalue weighted by Crippen LogP contribution is -2.50. The normalized spacial score (nSPS) is 27.6. The standard InChI is InChI=1S/C13H21N5/c1-11(2)17-13(8-14)6-3-4-12(13)5-7-18-10-15-9-16-18/h9-12,17H,3-7H2,1-2H3. The summed E-state index contributed by atoms with van der Waals surface area (Å²) in [6, 6.07) is 2.88. The Morgan fingerprint density at radius 2 is 2.44 bits per heavy atom. The molecule has 1 N–H and O–H groups in total. The summed E-state index contributed by atoms with van der Waals surface area (Å²) < 4.78 is 1.84. The van der Waals surface area contributed by atoms with Gasteiger partial charge < -0.3 is 0 Å². The Bertz CT molecular complexity index is 406. The number of nitriles is 1. The molecule has 1 fully saturated rings. The van der Waals surface area contributed by atoms with Crippen LogP contribution in [0.4, 0.5) is 0 Å². The zero-order chi connectivity index (χ0) is 13.0. The van der Waals surface area contributed by atoms with Gasteiger partial charge in [0.25, 0.3) is 0 Å². The molecular weight excluding hydrogens is 226 g/mol. The average Bonchev–Trinajstić information content (AvgIpc) is 2.95. The first-order chi connectivity index (χ1) is 8.66. The van der Waals surface area contributed by atoms with Gasteiger partial charge in [0.2, 0.25) is 0 Å². The third kappa shape index (κ3) is 2.70. The first-order valence-electron chi connectivity index (χ1n) is 6.67. The highest BCUT2D eigenvalue weighted by Gasteiger charge is 2.43. The summed E-state index contributed by atoms with van der Waals surface area (Å²) >= 11 is 0. The van der Waals surface area contributed by atoms with Crippen molar-refractivity contribution in [2.75, 3.05) is 0 Å². The first kappa shape index (κ1) is 13.0. The molecule has 2 unspecified atom stereocenters. The molecule has 0 spiro atoms. The fourth-order valence-corrected chi connectivity index (χ4v) is 2.99. The van der Waals surface area contributed by atoms with Crippen LogP contribution in [0.3, 0.4) is 0 Å². The molecule has 98 valence electrons. The van der Waals surface area contributed by atoms with Crippen molar-refractivity contribution in [1.82, 2.24) is 20.1 Å². The minimum atomic E-state index is -0.339. The van der Waals surface area contributed by atoms with Gasteiger partial charge in [0.05, 0.1) is 6.07 Å². The van der Waals surface area contributed by atoms with Crippen LogP contribution in [0.25, 0.3) is 0 Å².